The molecule has 1 aromatic carbocycles. The van der Waals surface area contributed by atoms with Crippen molar-refractivity contribution < 1.29 is 4.74 Å². The zero-order chi connectivity index (χ0) is 16.6. The van der Waals surface area contributed by atoms with Gasteiger partial charge in [0.1, 0.15) is 11.9 Å². The summed E-state index contributed by atoms with van der Waals surface area (Å²) in [5.74, 6) is 0.796. The molecule has 1 aliphatic heterocycles. The van der Waals surface area contributed by atoms with E-state index in [0.717, 1.165) is 37.2 Å². The molecule has 1 N–H and O–H groups in total. The van der Waals surface area contributed by atoms with E-state index in [1.165, 1.54) is 6.33 Å². The molecule has 0 aliphatic carbocycles. The quantitative estimate of drug-likeness (QED) is 0.926. The van der Waals surface area contributed by atoms with E-state index in [1.807, 2.05) is 19.1 Å². The second-order valence-corrected chi connectivity index (χ2v) is 7.34. The third kappa shape index (κ3) is 3.39. The molecular weight excluding hydrogens is 290 g/mol. The molecule has 3 rings (SSSR count). The Hall–Kier alpha value is -1.88. The Labute approximate surface area is 136 Å². The van der Waals surface area contributed by atoms with Crippen molar-refractivity contribution in [3.63, 3.8) is 0 Å². The number of hydrogen-bond donors (Lipinski definition) is 1. The van der Waals surface area contributed by atoms with Crippen LogP contribution in [0.5, 0.6) is 5.75 Å². The smallest absolute Gasteiger partial charge is 0.258 e. The first-order valence-electron chi connectivity index (χ1n) is 8.24. The van der Waals surface area contributed by atoms with E-state index in [2.05, 4.69) is 35.6 Å². The zero-order valence-electron chi connectivity index (χ0n) is 14.3. The summed E-state index contributed by atoms with van der Waals surface area (Å²) in [4.78, 5) is 21.3. The van der Waals surface area contributed by atoms with E-state index in [9.17, 15) is 4.79 Å². The summed E-state index contributed by atoms with van der Waals surface area (Å²) in [7, 11) is 0. The Bertz CT molecular complexity index is 753. The molecule has 5 heteroatoms. The standard InChI is InChI=1S/C18H25N3O2/c1-12-9-15-14(17(22)20-11-19-15)10-16(12)23-13-5-7-21(8-6-13)18(2,3)4/h9-11,13H,5-8H2,1-4H3,(H,19,20,22). The van der Waals surface area contributed by atoms with Gasteiger partial charge >= 0.3 is 0 Å². The molecule has 2 aromatic rings. The summed E-state index contributed by atoms with van der Waals surface area (Å²) in [5.41, 5.74) is 1.82. The number of nitrogens with one attached hydrogen (secondary N) is 1. The molecule has 124 valence electrons. The van der Waals surface area contributed by atoms with Gasteiger partial charge in [0.15, 0.2) is 0 Å². The van der Waals surface area contributed by atoms with Gasteiger partial charge in [0, 0.05) is 18.6 Å². The molecule has 0 spiro atoms. The van der Waals surface area contributed by atoms with Crippen LogP contribution < -0.4 is 10.3 Å². The molecule has 1 aromatic heterocycles. The first-order valence-corrected chi connectivity index (χ1v) is 8.24. The number of aryl methyl sites for hydroxylation is 1. The zero-order valence-corrected chi connectivity index (χ0v) is 14.3. The van der Waals surface area contributed by atoms with Crippen molar-refractivity contribution >= 4 is 10.9 Å². The molecule has 1 fully saturated rings. The molecule has 0 unspecified atom stereocenters. The average molecular weight is 315 g/mol. The van der Waals surface area contributed by atoms with Gasteiger partial charge in [-0.3, -0.25) is 9.69 Å². The molecule has 0 atom stereocenters. The SMILES string of the molecule is Cc1cc2nc[nH]c(=O)c2cc1OC1CCN(C(C)(C)C)CC1. The number of likely N-dealkylation sites (tertiary alicyclic amines) is 1. The fraction of sp³-hybridized carbons (Fsp3) is 0.556. The van der Waals surface area contributed by atoms with Gasteiger partial charge in [-0.1, -0.05) is 0 Å². The van der Waals surface area contributed by atoms with Crippen LogP contribution in [0.4, 0.5) is 0 Å². The molecule has 0 amide bonds. The molecule has 0 bridgehead atoms. The van der Waals surface area contributed by atoms with Crippen molar-refractivity contribution in [1.29, 1.82) is 0 Å². The number of aromatic nitrogens is 2. The van der Waals surface area contributed by atoms with Gasteiger partial charge in [-0.05, 0) is 58.2 Å². The van der Waals surface area contributed by atoms with E-state index in [4.69, 9.17) is 4.74 Å². The highest BCUT2D eigenvalue weighted by Crippen LogP contribution is 2.27. The summed E-state index contributed by atoms with van der Waals surface area (Å²) < 4.78 is 6.20. The first-order chi connectivity index (χ1) is 10.8. The maximum Gasteiger partial charge on any atom is 0.258 e. The fourth-order valence-corrected chi connectivity index (χ4v) is 3.15. The predicted molar refractivity (Wildman–Crippen MR) is 92.1 cm³/mol. The number of fused-ring (bicyclic) bond motifs is 1. The number of hydrogen-bond acceptors (Lipinski definition) is 4. The van der Waals surface area contributed by atoms with Crippen molar-refractivity contribution in [2.24, 2.45) is 0 Å². The minimum Gasteiger partial charge on any atom is -0.490 e. The Morgan fingerprint density at radius 3 is 2.61 bits per heavy atom. The minimum absolute atomic E-state index is 0.123. The highest BCUT2D eigenvalue weighted by atomic mass is 16.5. The molecule has 23 heavy (non-hydrogen) atoms. The van der Waals surface area contributed by atoms with E-state index in [0.29, 0.717) is 10.9 Å². The highest BCUT2D eigenvalue weighted by molar-refractivity contribution is 5.80. The highest BCUT2D eigenvalue weighted by Gasteiger charge is 2.28. The van der Waals surface area contributed by atoms with E-state index >= 15 is 0 Å². The molecule has 1 saturated heterocycles. The van der Waals surface area contributed by atoms with Gasteiger partial charge in [0.05, 0.1) is 17.2 Å². The minimum atomic E-state index is -0.123. The summed E-state index contributed by atoms with van der Waals surface area (Å²) in [5, 5.41) is 0.584. The number of piperidine rings is 1. The van der Waals surface area contributed by atoms with Crippen molar-refractivity contribution in [3.05, 3.63) is 34.4 Å². The maximum absolute atomic E-state index is 11.9. The van der Waals surface area contributed by atoms with Crippen molar-refractivity contribution in [2.75, 3.05) is 13.1 Å². The van der Waals surface area contributed by atoms with Crippen molar-refractivity contribution in [1.82, 2.24) is 14.9 Å². The Kier molecular flexibility index (Phi) is 4.15. The number of aromatic amines is 1. The van der Waals surface area contributed by atoms with Crippen molar-refractivity contribution in [2.45, 2.75) is 52.2 Å². The summed E-state index contributed by atoms with van der Waals surface area (Å²) >= 11 is 0. The van der Waals surface area contributed by atoms with Crippen LogP contribution in [0.2, 0.25) is 0 Å². The molecule has 0 radical (unpaired) electrons. The van der Waals surface area contributed by atoms with Gasteiger partial charge in [0.25, 0.3) is 5.56 Å². The lowest BCUT2D eigenvalue weighted by atomic mass is 9.99. The van der Waals surface area contributed by atoms with E-state index in [1.54, 1.807) is 0 Å². The van der Waals surface area contributed by atoms with Gasteiger partial charge in [-0.15, -0.1) is 0 Å². The monoisotopic (exact) mass is 315 g/mol. The molecular formula is C18H25N3O2. The second-order valence-electron chi connectivity index (χ2n) is 7.34. The van der Waals surface area contributed by atoms with E-state index < -0.39 is 0 Å². The lowest BCUT2D eigenvalue weighted by molar-refractivity contribution is 0.0489. The molecule has 0 saturated carbocycles. The Morgan fingerprint density at radius 1 is 1.26 bits per heavy atom. The molecule has 1 aliphatic rings. The number of ether oxygens (including phenoxy) is 1. The third-order valence-electron chi connectivity index (χ3n) is 4.62. The summed E-state index contributed by atoms with van der Waals surface area (Å²) in [6.07, 6.45) is 3.67. The van der Waals surface area contributed by atoms with Crippen LogP contribution in [0.25, 0.3) is 10.9 Å². The van der Waals surface area contributed by atoms with Crippen LogP contribution in [0, 0.1) is 6.92 Å². The third-order valence-corrected chi connectivity index (χ3v) is 4.62. The van der Waals surface area contributed by atoms with Gasteiger partial charge < -0.3 is 9.72 Å². The Balaban J connectivity index is 1.76. The van der Waals surface area contributed by atoms with Crippen LogP contribution >= 0.6 is 0 Å². The average Bonchev–Trinajstić information content (AvgIpc) is 2.48. The lowest BCUT2D eigenvalue weighted by Gasteiger charge is -2.40. The van der Waals surface area contributed by atoms with Crippen LogP contribution in [-0.2, 0) is 0 Å². The largest absolute Gasteiger partial charge is 0.490 e. The van der Waals surface area contributed by atoms with Crippen molar-refractivity contribution in [3.8, 4) is 5.75 Å². The number of H-pyrrole nitrogens is 1. The fourth-order valence-electron chi connectivity index (χ4n) is 3.15. The Morgan fingerprint density at radius 2 is 1.96 bits per heavy atom. The predicted octanol–water partition coefficient (Wildman–Crippen LogP) is 2.87. The van der Waals surface area contributed by atoms with Crippen LogP contribution in [0.3, 0.4) is 0 Å². The number of rotatable bonds is 2. The van der Waals surface area contributed by atoms with Crippen LogP contribution in [-0.4, -0.2) is 39.6 Å². The van der Waals surface area contributed by atoms with E-state index in [-0.39, 0.29) is 17.2 Å². The summed E-state index contributed by atoms with van der Waals surface area (Å²) in [6, 6.07) is 3.75. The maximum atomic E-state index is 11.9. The van der Waals surface area contributed by atoms with Gasteiger partial charge in [-0.25, -0.2) is 4.98 Å². The lowest BCUT2D eigenvalue weighted by Crippen LogP contribution is -2.48. The molecule has 5 nitrogen and oxygen atoms in total. The second kappa shape index (κ2) is 5.96. The van der Waals surface area contributed by atoms with Crippen LogP contribution in [0.1, 0.15) is 39.2 Å². The van der Waals surface area contributed by atoms with Gasteiger partial charge in [0.2, 0.25) is 0 Å². The normalized spacial score (nSPS) is 17.6. The van der Waals surface area contributed by atoms with Crippen LogP contribution in [0.15, 0.2) is 23.3 Å². The first kappa shape index (κ1) is 16.0. The number of nitrogens with zero attached hydrogens (tertiary/aromatic N) is 2. The van der Waals surface area contributed by atoms with Gasteiger partial charge in [-0.2, -0.15) is 0 Å². The number of benzene rings is 1. The summed E-state index contributed by atoms with van der Waals surface area (Å²) in [6.45, 7) is 10.8. The molecule has 2 heterocycles. The topological polar surface area (TPSA) is 58.2 Å².